The van der Waals surface area contributed by atoms with Crippen LogP contribution in [0.1, 0.15) is 30.6 Å². The van der Waals surface area contributed by atoms with Crippen molar-refractivity contribution in [2.75, 3.05) is 0 Å². The van der Waals surface area contributed by atoms with Gasteiger partial charge >= 0.3 is 0 Å². The Morgan fingerprint density at radius 1 is 1.57 bits per heavy atom. The van der Waals surface area contributed by atoms with Crippen LogP contribution in [0.2, 0.25) is 0 Å². The molecule has 0 amide bonds. The predicted molar refractivity (Wildman–Crippen MR) is 66.4 cm³/mol. The molecule has 1 aromatic rings. The summed E-state index contributed by atoms with van der Waals surface area (Å²) in [5, 5.41) is 2.11. The summed E-state index contributed by atoms with van der Waals surface area (Å²) in [7, 11) is 0. The van der Waals surface area contributed by atoms with Gasteiger partial charge in [-0.15, -0.1) is 11.3 Å². The summed E-state index contributed by atoms with van der Waals surface area (Å²) < 4.78 is 1.20. The Kier molecular flexibility index (Phi) is 3.42. The molecule has 0 saturated heterocycles. The van der Waals surface area contributed by atoms with Crippen molar-refractivity contribution in [1.29, 1.82) is 0 Å². The Hall–Kier alpha value is -0.120. The van der Waals surface area contributed by atoms with Crippen molar-refractivity contribution in [2.45, 2.75) is 31.7 Å². The molecule has 1 nitrogen and oxygen atoms in total. The number of nitrogens with two attached hydrogens (primary N) is 1. The zero-order chi connectivity index (χ0) is 9.97. The Labute approximate surface area is 97.1 Å². The van der Waals surface area contributed by atoms with E-state index in [4.69, 9.17) is 5.73 Å². The molecule has 14 heavy (non-hydrogen) atoms. The lowest BCUT2D eigenvalue weighted by atomic mass is 9.91. The van der Waals surface area contributed by atoms with Crippen LogP contribution in [0, 0.1) is 0 Å². The summed E-state index contributed by atoms with van der Waals surface area (Å²) >= 11 is 5.32. The van der Waals surface area contributed by atoms with Crippen molar-refractivity contribution in [3.63, 3.8) is 0 Å². The number of hydrogen-bond donors (Lipinski definition) is 1. The van der Waals surface area contributed by atoms with E-state index < -0.39 is 0 Å². The van der Waals surface area contributed by atoms with Crippen molar-refractivity contribution < 1.29 is 0 Å². The normalized spacial score (nSPS) is 25.6. The summed E-state index contributed by atoms with van der Waals surface area (Å²) in [6, 6.07) is 2.48. The van der Waals surface area contributed by atoms with Gasteiger partial charge in [-0.05, 0) is 59.1 Å². The van der Waals surface area contributed by atoms with Gasteiger partial charge in [-0.25, -0.2) is 0 Å². The maximum atomic E-state index is 5.94. The summed E-state index contributed by atoms with van der Waals surface area (Å²) in [6.45, 7) is 0. The minimum absolute atomic E-state index is 0.383. The van der Waals surface area contributed by atoms with Gasteiger partial charge in [0.2, 0.25) is 0 Å². The highest BCUT2D eigenvalue weighted by Gasteiger charge is 2.13. The molecule has 0 radical (unpaired) electrons. The average molecular weight is 272 g/mol. The zero-order valence-electron chi connectivity index (χ0n) is 8.00. The van der Waals surface area contributed by atoms with E-state index >= 15 is 0 Å². The predicted octanol–water partition coefficient (Wildman–Crippen LogP) is 3.80. The molecule has 0 spiro atoms. The van der Waals surface area contributed by atoms with Gasteiger partial charge in [-0.3, -0.25) is 0 Å². The molecule has 1 aromatic heterocycles. The van der Waals surface area contributed by atoms with Gasteiger partial charge in [0.25, 0.3) is 0 Å². The number of thiophene rings is 1. The lowest BCUT2D eigenvalue weighted by molar-refractivity contribution is 0.520. The molecule has 1 atom stereocenters. The van der Waals surface area contributed by atoms with Crippen molar-refractivity contribution in [3.8, 4) is 0 Å². The maximum absolute atomic E-state index is 5.94. The van der Waals surface area contributed by atoms with E-state index in [-0.39, 0.29) is 0 Å². The summed E-state index contributed by atoms with van der Waals surface area (Å²) in [6.07, 6.45) is 7.02. The van der Waals surface area contributed by atoms with E-state index in [1.165, 1.54) is 34.2 Å². The van der Waals surface area contributed by atoms with Crippen LogP contribution in [0.3, 0.4) is 0 Å². The quantitative estimate of drug-likeness (QED) is 0.826. The zero-order valence-corrected chi connectivity index (χ0v) is 10.4. The smallest absolute Gasteiger partial charge is 0.0412 e. The number of halogens is 1. The summed E-state index contributed by atoms with van der Waals surface area (Å²) in [5.74, 6) is 0. The molecule has 76 valence electrons. The van der Waals surface area contributed by atoms with Gasteiger partial charge in [0, 0.05) is 15.4 Å². The van der Waals surface area contributed by atoms with Crippen molar-refractivity contribution in [1.82, 2.24) is 0 Å². The lowest BCUT2D eigenvalue weighted by Crippen LogP contribution is -2.23. The third-order valence-corrected chi connectivity index (χ3v) is 4.39. The minimum atomic E-state index is 0.383. The molecule has 1 unspecified atom stereocenters. The third kappa shape index (κ3) is 2.47. The minimum Gasteiger partial charge on any atom is -0.327 e. The van der Waals surface area contributed by atoms with Crippen molar-refractivity contribution >= 4 is 33.3 Å². The maximum Gasteiger partial charge on any atom is 0.0412 e. The molecule has 0 aromatic carbocycles. The van der Waals surface area contributed by atoms with Gasteiger partial charge in [0.1, 0.15) is 0 Å². The fraction of sp³-hybridized carbons (Fsp3) is 0.455. The van der Waals surface area contributed by atoms with E-state index in [2.05, 4.69) is 33.5 Å². The first kappa shape index (κ1) is 10.4. The molecule has 2 N–H and O–H groups in total. The molecule has 0 bridgehead atoms. The largest absolute Gasteiger partial charge is 0.327 e. The second-order valence-corrected chi connectivity index (χ2v) is 5.59. The van der Waals surface area contributed by atoms with Gasteiger partial charge in [-0.1, -0.05) is 5.57 Å². The average Bonchev–Trinajstić information content (AvgIpc) is 2.52. The Morgan fingerprint density at radius 2 is 2.43 bits per heavy atom. The number of hydrogen-bond acceptors (Lipinski definition) is 2. The molecular weight excluding hydrogens is 258 g/mol. The third-order valence-electron chi connectivity index (χ3n) is 2.58. The van der Waals surface area contributed by atoms with Crippen LogP contribution < -0.4 is 5.73 Å². The van der Waals surface area contributed by atoms with E-state index in [9.17, 15) is 0 Å². The fourth-order valence-corrected chi connectivity index (χ4v) is 3.33. The highest BCUT2D eigenvalue weighted by atomic mass is 79.9. The van der Waals surface area contributed by atoms with Crippen LogP contribution in [0.5, 0.6) is 0 Å². The highest BCUT2D eigenvalue weighted by Crippen LogP contribution is 2.29. The molecule has 0 aliphatic heterocycles. The van der Waals surface area contributed by atoms with Crippen LogP contribution in [0.15, 0.2) is 21.5 Å². The second kappa shape index (κ2) is 4.60. The first-order valence-electron chi connectivity index (χ1n) is 4.94. The SMILES string of the molecule is NC1CCCC(=Cc2sccc2Br)C1. The summed E-state index contributed by atoms with van der Waals surface area (Å²) in [5.41, 5.74) is 7.45. The molecule has 1 fully saturated rings. The molecule has 1 aliphatic carbocycles. The monoisotopic (exact) mass is 271 g/mol. The van der Waals surface area contributed by atoms with Crippen LogP contribution in [-0.4, -0.2) is 6.04 Å². The topological polar surface area (TPSA) is 26.0 Å². The highest BCUT2D eigenvalue weighted by molar-refractivity contribution is 9.10. The van der Waals surface area contributed by atoms with Crippen LogP contribution in [0.25, 0.3) is 6.08 Å². The van der Waals surface area contributed by atoms with Crippen molar-refractivity contribution in [2.24, 2.45) is 5.73 Å². The molecule has 1 saturated carbocycles. The van der Waals surface area contributed by atoms with Crippen molar-refractivity contribution in [3.05, 3.63) is 26.4 Å². The van der Waals surface area contributed by atoms with E-state index in [0.717, 1.165) is 6.42 Å². The Balaban J connectivity index is 2.14. The second-order valence-electron chi connectivity index (χ2n) is 3.79. The Bertz CT molecular complexity index is 343. The number of rotatable bonds is 1. The summed E-state index contributed by atoms with van der Waals surface area (Å²) in [4.78, 5) is 1.33. The van der Waals surface area contributed by atoms with Crippen LogP contribution >= 0.6 is 27.3 Å². The lowest BCUT2D eigenvalue weighted by Gasteiger charge is -2.20. The van der Waals surface area contributed by atoms with E-state index in [1.807, 2.05) is 0 Å². The molecular formula is C11H14BrNS. The van der Waals surface area contributed by atoms with Gasteiger partial charge in [0.05, 0.1) is 0 Å². The first-order chi connectivity index (χ1) is 6.75. The van der Waals surface area contributed by atoms with Gasteiger partial charge in [-0.2, -0.15) is 0 Å². The molecule has 1 heterocycles. The van der Waals surface area contributed by atoms with E-state index in [0.29, 0.717) is 6.04 Å². The standard InChI is InChI=1S/C11H14BrNS/c12-10-4-5-14-11(10)7-8-2-1-3-9(13)6-8/h4-5,7,9H,1-3,6,13H2. The van der Waals surface area contributed by atoms with Gasteiger partial charge in [0.15, 0.2) is 0 Å². The van der Waals surface area contributed by atoms with Gasteiger partial charge < -0.3 is 5.73 Å². The van der Waals surface area contributed by atoms with Crippen LogP contribution in [-0.2, 0) is 0 Å². The Morgan fingerprint density at radius 3 is 3.07 bits per heavy atom. The molecule has 2 rings (SSSR count). The first-order valence-corrected chi connectivity index (χ1v) is 6.61. The fourth-order valence-electron chi connectivity index (χ4n) is 1.86. The molecule has 3 heteroatoms. The molecule has 1 aliphatic rings. The van der Waals surface area contributed by atoms with Crippen LogP contribution in [0.4, 0.5) is 0 Å². The van der Waals surface area contributed by atoms with E-state index in [1.54, 1.807) is 11.3 Å².